The van der Waals surface area contributed by atoms with E-state index < -0.39 is 0 Å². The molecule has 1 aliphatic carbocycles. The molecule has 0 bridgehead atoms. The van der Waals surface area contributed by atoms with Crippen molar-refractivity contribution in [2.45, 2.75) is 25.4 Å². The third-order valence-electron chi connectivity index (χ3n) is 3.97. The summed E-state index contributed by atoms with van der Waals surface area (Å²) in [5.41, 5.74) is 2.54. The van der Waals surface area contributed by atoms with E-state index in [-0.39, 0.29) is 5.75 Å². The average molecular weight is 280 g/mol. The summed E-state index contributed by atoms with van der Waals surface area (Å²) in [7, 11) is 0. The minimum Gasteiger partial charge on any atom is -0.507 e. The fourth-order valence-corrected chi connectivity index (χ4v) is 2.55. The van der Waals surface area contributed by atoms with Crippen LogP contribution in [-0.2, 0) is 0 Å². The van der Waals surface area contributed by atoms with E-state index in [2.05, 4.69) is 9.97 Å². The van der Waals surface area contributed by atoms with Crippen LogP contribution in [0.3, 0.4) is 0 Å². The molecule has 1 saturated carbocycles. The number of phenolic OH excluding ortho intramolecular Hbond substituents is 1. The van der Waals surface area contributed by atoms with Gasteiger partial charge in [0.1, 0.15) is 17.3 Å². The summed E-state index contributed by atoms with van der Waals surface area (Å²) in [6.45, 7) is 0. The molecular formula is C17H16N2O2. The molecule has 2 aromatic carbocycles. The highest BCUT2D eigenvalue weighted by molar-refractivity contribution is 5.80. The third kappa shape index (κ3) is 2.23. The fraction of sp³-hybridized carbons (Fsp3) is 0.235. The molecule has 0 atom stereocenters. The number of rotatable bonds is 3. The maximum Gasteiger partial charge on any atom is 0.142 e. The van der Waals surface area contributed by atoms with Gasteiger partial charge in [0.05, 0.1) is 22.7 Å². The van der Waals surface area contributed by atoms with Crippen molar-refractivity contribution in [3.05, 3.63) is 42.5 Å². The van der Waals surface area contributed by atoms with Crippen LogP contribution in [0.2, 0.25) is 0 Å². The standard InChI is InChI=1S/C17H16N2O2/c20-16-10-12(21-11-4-3-5-11)8-9-13(16)17-18-14-6-1-2-7-15(14)19-17/h1-2,6-11,20H,3-5H2,(H,18,19). The number of hydrogen-bond acceptors (Lipinski definition) is 3. The van der Waals surface area contributed by atoms with Crippen molar-refractivity contribution >= 4 is 11.0 Å². The Kier molecular flexibility index (Phi) is 2.81. The topological polar surface area (TPSA) is 58.1 Å². The van der Waals surface area contributed by atoms with E-state index in [4.69, 9.17) is 4.74 Å². The number of ether oxygens (including phenoxy) is 1. The lowest BCUT2D eigenvalue weighted by Gasteiger charge is -2.26. The van der Waals surface area contributed by atoms with Crippen molar-refractivity contribution in [3.8, 4) is 22.9 Å². The molecule has 2 N–H and O–H groups in total. The number of fused-ring (bicyclic) bond motifs is 1. The van der Waals surface area contributed by atoms with Crippen LogP contribution >= 0.6 is 0 Å². The summed E-state index contributed by atoms with van der Waals surface area (Å²) in [5.74, 6) is 1.58. The number of aromatic nitrogens is 2. The number of benzene rings is 2. The molecule has 1 aromatic heterocycles. The fourth-order valence-electron chi connectivity index (χ4n) is 2.55. The number of nitrogens with zero attached hydrogens (tertiary/aromatic N) is 1. The van der Waals surface area contributed by atoms with E-state index in [1.807, 2.05) is 36.4 Å². The minimum atomic E-state index is 0.186. The molecule has 1 aliphatic rings. The maximum absolute atomic E-state index is 10.2. The monoisotopic (exact) mass is 280 g/mol. The quantitative estimate of drug-likeness (QED) is 0.765. The lowest BCUT2D eigenvalue weighted by molar-refractivity contribution is 0.120. The Morgan fingerprint density at radius 1 is 1.14 bits per heavy atom. The van der Waals surface area contributed by atoms with Crippen molar-refractivity contribution in [1.82, 2.24) is 9.97 Å². The molecule has 106 valence electrons. The molecule has 0 spiro atoms. The molecule has 4 rings (SSSR count). The molecule has 4 nitrogen and oxygen atoms in total. The van der Waals surface area contributed by atoms with Crippen LogP contribution in [-0.4, -0.2) is 21.2 Å². The second-order valence-corrected chi connectivity index (χ2v) is 5.45. The summed E-state index contributed by atoms with van der Waals surface area (Å²) < 4.78 is 5.79. The van der Waals surface area contributed by atoms with Crippen LogP contribution in [0.1, 0.15) is 19.3 Å². The van der Waals surface area contributed by atoms with Crippen LogP contribution in [0.5, 0.6) is 11.5 Å². The number of H-pyrrole nitrogens is 1. The summed E-state index contributed by atoms with van der Waals surface area (Å²) in [6, 6.07) is 13.2. The van der Waals surface area contributed by atoms with E-state index in [0.717, 1.165) is 29.6 Å². The number of imidazole rings is 1. The van der Waals surface area contributed by atoms with Gasteiger partial charge in [0.15, 0.2) is 0 Å². The van der Waals surface area contributed by atoms with E-state index in [9.17, 15) is 5.11 Å². The Morgan fingerprint density at radius 3 is 2.71 bits per heavy atom. The molecule has 1 heterocycles. The zero-order valence-corrected chi connectivity index (χ0v) is 11.5. The van der Waals surface area contributed by atoms with Crippen molar-refractivity contribution in [2.24, 2.45) is 0 Å². The summed E-state index contributed by atoms with van der Waals surface area (Å²) >= 11 is 0. The Hall–Kier alpha value is -2.49. The summed E-state index contributed by atoms with van der Waals surface area (Å²) in [6.07, 6.45) is 3.74. The SMILES string of the molecule is Oc1cc(OC2CCC2)ccc1-c1nc2ccccc2[nH]1. The molecule has 4 heteroatoms. The van der Waals surface area contributed by atoms with Gasteiger partial charge in [0.2, 0.25) is 0 Å². The highest BCUT2D eigenvalue weighted by Gasteiger charge is 2.19. The van der Waals surface area contributed by atoms with Gasteiger partial charge in [-0.1, -0.05) is 12.1 Å². The first-order valence-electron chi connectivity index (χ1n) is 7.24. The van der Waals surface area contributed by atoms with Gasteiger partial charge in [0.25, 0.3) is 0 Å². The molecule has 0 saturated heterocycles. The van der Waals surface area contributed by atoms with Gasteiger partial charge < -0.3 is 14.8 Å². The zero-order chi connectivity index (χ0) is 14.2. The molecule has 21 heavy (non-hydrogen) atoms. The average Bonchev–Trinajstić information content (AvgIpc) is 2.86. The number of aromatic hydroxyl groups is 1. The first kappa shape index (κ1) is 12.3. The molecule has 0 amide bonds. The lowest BCUT2D eigenvalue weighted by Crippen LogP contribution is -2.24. The van der Waals surface area contributed by atoms with Crippen molar-refractivity contribution in [2.75, 3.05) is 0 Å². The van der Waals surface area contributed by atoms with E-state index >= 15 is 0 Å². The Bertz CT molecular complexity index is 757. The van der Waals surface area contributed by atoms with Crippen molar-refractivity contribution in [1.29, 1.82) is 0 Å². The predicted molar refractivity (Wildman–Crippen MR) is 81.5 cm³/mol. The Labute approximate surface area is 122 Å². The van der Waals surface area contributed by atoms with Crippen LogP contribution in [0.25, 0.3) is 22.4 Å². The van der Waals surface area contributed by atoms with Gasteiger partial charge >= 0.3 is 0 Å². The lowest BCUT2D eigenvalue weighted by atomic mass is 9.96. The number of para-hydroxylation sites is 2. The predicted octanol–water partition coefficient (Wildman–Crippen LogP) is 3.87. The van der Waals surface area contributed by atoms with E-state index in [1.54, 1.807) is 6.07 Å². The molecule has 0 unspecified atom stereocenters. The van der Waals surface area contributed by atoms with Gasteiger partial charge in [-0.05, 0) is 43.5 Å². The number of nitrogens with one attached hydrogen (secondary N) is 1. The van der Waals surface area contributed by atoms with E-state index in [1.165, 1.54) is 6.42 Å². The molecule has 0 radical (unpaired) electrons. The van der Waals surface area contributed by atoms with Gasteiger partial charge in [0, 0.05) is 6.07 Å². The largest absolute Gasteiger partial charge is 0.507 e. The maximum atomic E-state index is 10.2. The normalized spacial score (nSPS) is 15.0. The zero-order valence-electron chi connectivity index (χ0n) is 11.5. The van der Waals surface area contributed by atoms with Crippen LogP contribution in [0.4, 0.5) is 0 Å². The number of hydrogen-bond donors (Lipinski definition) is 2. The second kappa shape index (κ2) is 4.81. The summed E-state index contributed by atoms with van der Waals surface area (Å²) in [4.78, 5) is 7.73. The van der Waals surface area contributed by atoms with Crippen LogP contribution < -0.4 is 4.74 Å². The minimum absolute atomic E-state index is 0.186. The number of aromatic amines is 1. The highest BCUT2D eigenvalue weighted by atomic mass is 16.5. The van der Waals surface area contributed by atoms with Gasteiger partial charge in [-0.2, -0.15) is 0 Å². The van der Waals surface area contributed by atoms with Crippen molar-refractivity contribution in [3.63, 3.8) is 0 Å². The smallest absolute Gasteiger partial charge is 0.142 e. The van der Waals surface area contributed by atoms with Gasteiger partial charge in [-0.25, -0.2) is 4.98 Å². The van der Waals surface area contributed by atoms with Crippen LogP contribution in [0.15, 0.2) is 42.5 Å². The second-order valence-electron chi connectivity index (χ2n) is 5.45. The van der Waals surface area contributed by atoms with Gasteiger partial charge in [-0.15, -0.1) is 0 Å². The van der Waals surface area contributed by atoms with Crippen molar-refractivity contribution < 1.29 is 9.84 Å². The van der Waals surface area contributed by atoms with Gasteiger partial charge in [-0.3, -0.25) is 0 Å². The van der Waals surface area contributed by atoms with Crippen LogP contribution in [0, 0.1) is 0 Å². The number of phenols is 1. The molecule has 0 aliphatic heterocycles. The highest BCUT2D eigenvalue weighted by Crippen LogP contribution is 2.33. The molecule has 1 fully saturated rings. The molecule has 3 aromatic rings. The first-order chi connectivity index (χ1) is 10.3. The molecular weight excluding hydrogens is 264 g/mol. The third-order valence-corrected chi connectivity index (χ3v) is 3.97. The Morgan fingerprint density at radius 2 is 2.00 bits per heavy atom. The van der Waals surface area contributed by atoms with E-state index in [0.29, 0.717) is 17.5 Å². The summed E-state index contributed by atoms with van der Waals surface area (Å²) in [5, 5.41) is 10.2. The Balaban J connectivity index is 1.67. The first-order valence-corrected chi connectivity index (χ1v) is 7.24.